The normalized spacial score (nSPS) is 19.9. The van der Waals surface area contributed by atoms with Crippen LogP contribution in [0.2, 0.25) is 5.02 Å². The van der Waals surface area contributed by atoms with Gasteiger partial charge in [0.2, 0.25) is 0 Å². The number of benzene rings is 1. The molecular formula is C26H31ClN4O4S. The summed E-state index contributed by atoms with van der Waals surface area (Å²) in [6, 6.07) is 7.18. The van der Waals surface area contributed by atoms with Crippen LogP contribution in [0.1, 0.15) is 38.2 Å². The Bertz CT molecular complexity index is 1140. The van der Waals surface area contributed by atoms with E-state index in [1.165, 1.54) is 7.11 Å². The summed E-state index contributed by atoms with van der Waals surface area (Å²) < 4.78 is 17.2. The number of carbonyl (C=O) groups excluding carboxylic acids is 1. The van der Waals surface area contributed by atoms with Crippen LogP contribution in [0.5, 0.6) is 11.5 Å². The van der Waals surface area contributed by atoms with Crippen molar-refractivity contribution in [2.24, 2.45) is 0 Å². The summed E-state index contributed by atoms with van der Waals surface area (Å²) in [6.45, 7) is 3.67. The number of anilines is 1. The molecule has 1 aromatic heterocycles. The smallest absolute Gasteiger partial charge is 0.256 e. The highest BCUT2D eigenvalue weighted by atomic mass is 35.5. The van der Waals surface area contributed by atoms with Crippen LogP contribution >= 0.6 is 23.8 Å². The first-order chi connectivity index (χ1) is 17.5. The second-order valence-electron chi connectivity index (χ2n) is 8.84. The summed E-state index contributed by atoms with van der Waals surface area (Å²) in [5.41, 5.74) is 2.66. The first-order valence-electron chi connectivity index (χ1n) is 12.0. The van der Waals surface area contributed by atoms with Crippen molar-refractivity contribution in [1.29, 1.82) is 0 Å². The maximum Gasteiger partial charge on any atom is 0.256 e. The van der Waals surface area contributed by atoms with Crippen LogP contribution in [0.4, 0.5) is 5.69 Å². The van der Waals surface area contributed by atoms with E-state index in [1.807, 2.05) is 13.0 Å². The van der Waals surface area contributed by atoms with Gasteiger partial charge in [0.15, 0.2) is 5.75 Å². The Balaban J connectivity index is 1.51. The molecule has 1 saturated heterocycles. The van der Waals surface area contributed by atoms with Crippen molar-refractivity contribution in [2.75, 3.05) is 25.6 Å². The van der Waals surface area contributed by atoms with Gasteiger partial charge in [-0.1, -0.05) is 29.9 Å². The summed E-state index contributed by atoms with van der Waals surface area (Å²) in [6.07, 6.45) is 7.40. The van der Waals surface area contributed by atoms with Crippen molar-refractivity contribution in [1.82, 2.24) is 15.6 Å². The number of nitrogens with one attached hydrogen (secondary N) is 3. The molecule has 2 aliphatic heterocycles. The average molecular weight is 531 g/mol. The number of ether oxygens (including phenoxy) is 3. The monoisotopic (exact) mass is 530 g/mol. The molecule has 0 bridgehead atoms. The quantitative estimate of drug-likeness (QED) is 0.411. The Morgan fingerprint density at radius 1 is 1.33 bits per heavy atom. The molecule has 2 atom stereocenters. The maximum absolute atomic E-state index is 13.0. The van der Waals surface area contributed by atoms with Gasteiger partial charge in [-0.2, -0.15) is 0 Å². The first kappa shape index (κ1) is 26.2. The van der Waals surface area contributed by atoms with E-state index >= 15 is 0 Å². The van der Waals surface area contributed by atoms with E-state index in [1.54, 1.807) is 30.6 Å². The molecule has 2 aromatic rings. The van der Waals surface area contributed by atoms with Gasteiger partial charge in [0.1, 0.15) is 17.3 Å². The Morgan fingerprint density at radius 3 is 2.97 bits per heavy atom. The third kappa shape index (κ3) is 6.46. The fourth-order valence-electron chi connectivity index (χ4n) is 4.30. The highest BCUT2D eigenvalue weighted by Gasteiger charge is 2.28. The zero-order chi connectivity index (χ0) is 25.5. The summed E-state index contributed by atoms with van der Waals surface area (Å²) in [4.78, 5) is 17.5. The minimum absolute atomic E-state index is 0.0381. The van der Waals surface area contributed by atoms with E-state index in [2.05, 4.69) is 20.9 Å². The van der Waals surface area contributed by atoms with E-state index in [-0.39, 0.29) is 23.0 Å². The lowest BCUT2D eigenvalue weighted by Crippen LogP contribution is -2.44. The molecular weight excluding hydrogens is 500 g/mol. The predicted octanol–water partition coefficient (Wildman–Crippen LogP) is 4.38. The van der Waals surface area contributed by atoms with Gasteiger partial charge in [0.25, 0.3) is 5.91 Å². The van der Waals surface area contributed by atoms with E-state index in [4.69, 9.17) is 38.0 Å². The van der Waals surface area contributed by atoms with Gasteiger partial charge in [0.05, 0.1) is 35.7 Å². The number of hydrogen-bond donors (Lipinski definition) is 3. The molecule has 192 valence electrons. The summed E-state index contributed by atoms with van der Waals surface area (Å²) in [5.74, 6) is 0.913. The van der Waals surface area contributed by atoms with Crippen molar-refractivity contribution in [2.45, 2.75) is 51.3 Å². The van der Waals surface area contributed by atoms with Crippen molar-refractivity contribution >= 4 is 40.4 Å². The number of methoxy groups -OCH3 is 1. The number of aromatic nitrogens is 1. The maximum atomic E-state index is 13.0. The standard InChI is InChI=1S/C26H31ClN4O4S/c1-16-12-21(23(25(32)30-16)26(36)31-20-8-5-7-19(27)24(20)33-2)29-13-17-9-10-28-14-22(17)35-15-18-6-3-4-11-34-18/h5,7-10,14,16,18,29H,3-4,6,11-13,15H2,1-2H3,(H,30,32)(H,31,36)/t16-,18?/m1/s1. The topological polar surface area (TPSA) is 93.7 Å². The lowest BCUT2D eigenvalue weighted by atomic mass is 10.0. The average Bonchev–Trinajstić information content (AvgIpc) is 2.87. The van der Waals surface area contributed by atoms with E-state index < -0.39 is 0 Å². The highest BCUT2D eigenvalue weighted by Crippen LogP contribution is 2.33. The van der Waals surface area contributed by atoms with Gasteiger partial charge in [-0.15, -0.1) is 0 Å². The number of halogens is 1. The molecule has 3 N–H and O–H groups in total. The van der Waals surface area contributed by atoms with Crippen molar-refractivity contribution < 1.29 is 19.0 Å². The van der Waals surface area contributed by atoms with Gasteiger partial charge in [-0.25, -0.2) is 0 Å². The minimum atomic E-state index is -0.240. The van der Waals surface area contributed by atoms with Crippen LogP contribution in [-0.4, -0.2) is 48.3 Å². The first-order valence-corrected chi connectivity index (χ1v) is 12.8. The third-order valence-corrected chi connectivity index (χ3v) is 6.73. The zero-order valence-corrected chi connectivity index (χ0v) is 22.0. The van der Waals surface area contributed by atoms with Crippen LogP contribution in [0.15, 0.2) is 47.9 Å². The number of carbonyl (C=O) groups is 1. The minimum Gasteiger partial charge on any atom is -0.493 e. The molecule has 4 rings (SSSR count). The molecule has 0 spiro atoms. The van der Waals surface area contributed by atoms with E-state index in [0.717, 1.165) is 37.1 Å². The van der Waals surface area contributed by atoms with Gasteiger partial charge in [-0.3, -0.25) is 9.78 Å². The Hall–Kier alpha value is -2.88. The fraction of sp³-hybridized carbons (Fsp3) is 0.423. The van der Waals surface area contributed by atoms with Crippen LogP contribution in [0.25, 0.3) is 0 Å². The highest BCUT2D eigenvalue weighted by molar-refractivity contribution is 7.81. The molecule has 1 fully saturated rings. The van der Waals surface area contributed by atoms with Crippen molar-refractivity contribution in [3.8, 4) is 11.5 Å². The van der Waals surface area contributed by atoms with Crippen LogP contribution in [-0.2, 0) is 16.1 Å². The van der Waals surface area contributed by atoms with Crippen molar-refractivity contribution in [3.05, 3.63) is 58.5 Å². The SMILES string of the molecule is COc1c(Cl)cccc1NC(=S)C1=C(NCc2ccncc2OCC2CCCCO2)C[C@@H](C)NC1=O. The third-order valence-electron chi connectivity index (χ3n) is 6.12. The number of hydrogen-bond acceptors (Lipinski definition) is 7. The molecule has 1 unspecified atom stereocenters. The van der Waals surface area contributed by atoms with Crippen LogP contribution < -0.4 is 25.4 Å². The Labute approximate surface area is 221 Å². The second-order valence-corrected chi connectivity index (χ2v) is 9.66. The Kier molecular flexibility index (Phi) is 9.01. The molecule has 0 saturated carbocycles. The second kappa shape index (κ2) is 12.4. The van der Waals surface area contributed by atoms with Gasteiger partial charge in [0, 0.05) is 43.1 Å². The molecule has 10 heteroatoms. The number of thiocarbonyl (C=S) groups is 1. The number of pyridine rings is 1. The number of para-hydroxylation sites is 1. The molecule has 1 amide bonds. The fourth-order valence-corrected chi connectivity index (χ4v) is 4.88. The molecule has 3 heterocycles. The molecule has 2 aliphatic rings. The number of amides is 1. The predicted molar refractivity (Wildman–Crippen MR) is 144 cm³/mol. The van der Waals surface area contributed by atoms with E-state index in [9.17, 15) is 4.79 Å². The Morgan fingerprint density at radius 2 is 2.19 bits per heavy atom. The number of nitrogens with zero attached hydrogens (tertiary/aromatic N) is 1. The van der Waals surface area contributed by atoms with E-state index in [0.29, 0.717) is 47.4 Å². The van der Waals surface area contributed by atoms with Crippen molar-refractivity contribution in [3.63, 3.8) is 0 Å². The summed E-state index contributed by atoms with van der Waals surface area (Å²) in [7, 11) is 1.53. The van der Waals surface area contributed by atoms with Gasteiger partial charge >= 0.3 is 0 Å². The molecule has 0 aliphatic carbocycles. The summed E-state index contributed by atoms with van der Waals surface area (Å²) >= 11 is 11.9. The lowest BCUT2D eigenvalue weighted by molar-refractivity contribution is -0.118. The zero-order valence-electron chi connectivity index (χ0n) is 20.4. The van der Waals surface area contributed by atoms with Gasteiger partial charge in [-0.05, 0) is 44.4 Å². The van der Waals surface area contributed by atoms with Crippen LogP contribution in [0, 0.1) is 0 Å². The number of rotatable bonds is 9. The largest absolute Gasteiger partial charge is 0.493 e. The molecule has 36 heavy (non-hydrogen) atoms. The van der Waals surface area contributed by atoms with Crippen LogP contribution in [0.3, 0.4) is 0 Å². The summed E-state index contributed by atoms with van der Waals surface area (Å²) in [5, 5.41) is 9.97. The van der Waals surface area contributed by atoms with Gasteiger partial charge < -0.3 is 30.2 Å². The molecule has 1 aromatic carbocycles. The molecule has 8 nitrogen and oxygen atoms in total. The molecule has 0 radical (unpaired) electrons. The lowest BCUT2D eigenvalue weighted by Gasteiger charge is -2.28.